The van der Waals surface area contributed by atoms with Gasteiger partial charge in [0.25, 0.3) is 0 Å². The van der Waals surface area contributed by atoms with Gasteiger partial charge in [-0.05, 0) is 18.9 Å². The van der Waals surface area contributed by atoms with E-state index in [4.69, 9.17) is 5.11 Å². The highest BCUT2D eigenvalue weighted by Crippen LogP contribution is 2.16. The number of halogens is 2. The smallest absolute Gasteiger partial charge is 0.378 e. The number of unbranched alkanes of at least 4 members (excludes halogenated alkanes) is 8. The molecule has 0 fully saturated rings. The Morgan fingerprint density at radius 3 is 2.06 bits per heavy atom. The number of aliphatic carboxylic acids is 1. The third-order valence-electron chi connectivity index (χ3n) is 2.84. The van der Waals surface area contributed by atoms with E-state index in [2.05, 4.69) is 6.92 Å². The van der Waals surface area contributed by atoms with Crippen molar-refractivity contribution in [2.24, 2.45) is 0 Å². The fraction of sp³-hybridized carbons (Fsp3) is 0.786. The monoisotopic (exact) mass is 262 g/mol. The molecule has 0 unspecified atom stereocenters. The summed E-state index contributed by atoms with van der Waals surface area (Å²) in [5.41, 5.74) is 0. The summed E-state index contributed by atoms with van der Waals surface area (Å²) < 4.78 is 25.2. The van der Waals surface area contributed by atoms with Crippen LogP contribution in [0.5, 0.6) is 0 Å². The lowest BCUT2D eigenvalue weighted by atomic mass is 10.1. The van der Waals surface area contributed by atoms with E-state index in [0.717, 1.165) is 19.3 Å². The maximum atomic E-state index is 12.6. The zero-order valence-electron chi connectivity index (χ0n) is 11.1. The quantitative estimate of drug-likeness (QED) is 0.429. The third-order valence-corrected chi connectivity index (χ3v) is 2.84. The first-order valence-corrected chi connectivity index (χ1v) is 6.79. The summed E-state index contributed by atoms with van der Waals surface area (Å²) in [7, 11) is 0. The molecule has 0 aromatic carbocycles. The summed E-state index contributed by atoms with van der Waals surface area (Å²) in [6, 6.07) is 0. The van der Waals surface area contributed by atoms with Crippen LogP contribution in [0.4, 0.5) is 8.78 Å². The Morgan fingerprint density at radius 1 is 1.06 bits per heavy atom. The fourth-order valence-corrected chi connectivity index (χ4v) is 1.70. The summed E-state index contributed by atoms with van der Waals surface area (Å²) in [6.45, 7) is 2.18. The second-order valence-electron chi connectivity index (χ2n) is 4.59. The minimum absolute atomic E-state index is 0.483. The molecule has 0 amide bonds. The molecule has 0 radical (unpaired) electrons. The van der Waals surface area contributed by atoms with E-state index in [9.17, 15) is 13.6 Å². The van der Waals surface area contributed by atoms with Gasteiger partial charge in [0.1, 0.15) is 0 Å². The molecule has 0 aliphatic heterocycles. The highest BCUT2D eigenvalue weighted by molar-refractivity contribution is 5.77. The molecule has 0 aromatic rings. The number of carboxylic acids is 1. The molecule has 2 nitrogen and oxygen atoms in total. The largest absolute Gasteiger partial charge is 0.477 e. The molecule has 1 N–H and O–H groups in total. The van der Waals surface area contributed by atoms with Crippen LogP contribution in [0.2, 0.25) is 0 Å². The summed E-state index contributed by atoms with van der Waals surface area (Å²) in [4.78, 5) is 10.1. The number of hydrogen-bond acceptors (Lipinski definition) is 1. The van der Waals surface area contributed by atoms with Gasteiger partial charge in [0.05, 0.1) is 0 Å². The van der Waals surface area contributed by atoms with E-state index in [0.29, 0.717) is 12.5 Å². The standard InChI is InChI=1S/C14H24F2O2/c1-2-3-4-5-6-7-8-9-10-11-12-14(15,16)13(17)18/h11-12H,2-10H2,1H3,(H,17,18)/b12-11+. The van der Waals surface area contributed by atoms with Crippen molar-refractivity contribution in [3.05, 3.63) is 12.2 Å². The first-order chi connectivity index (χ1) is 8.50. The number of alkyl halides is 2. The van der Waals surface area contributed by atoms with E-state index >= 15 is 0 Å². The normalized spacial score (nSPS) is 12.2. The van der Waals surface area contributed by atoms with Gasteiger partial charge in [0.15, 0.2) is 0 Å². The van der Waals surface area contributed by atoms with Crippen LogP contribution >= 0.6 is 0 Å². The highest BCUT2D eigenvalue weighted by atomic mass is 19.3. The van der Waals surface area contributed by atoms with Gasteiger partial charge < -0.3 is 5.11 Å². The molecule has 0 aliphatic rings. The predicted molar refractivity (Wildman–Crippen MR) is 68.9 cm³/mol. The van der Waals surface area contributed by atoms with Gasteiger partial charge >= 0.3 is 11.9 Å². The van der Waals surface area contributed by atoms with Gasteiger partial charge in [-0.1, -0.05) is 57.9 Å². The Bertz CT molecular complexity index is 250. The van der Waals surface area contributed by atoms with Crippen molar-refractivity contribution in [3.63, 3.8) is 0 Å². The van der Waals surface area contributed by atoms with Crippen molar-refractivity contribution in [2.45, 2.75) is 70.6 Å². The van der Waals surface area contributed by atoms with Crippen molar-refractivity contribution < 1.29 is 18.7 Å². The summed E-state index contributed by atoms with van der Waals surface area (Å²) >= 11 is 0. The molecule has 0 rings (SSSR count). The lowest BCUT2D eigenvalue weighted by molar-refractivity contribution is -0.158. The first kappa shape index (κ1) is 17.1. The fourth-order valence-electron chi connectivity index (χ4n) is 1.70. The van der Waals surface area contributed by atoms with Gasteiger partial charge in [-0.3, -0.25) is 0 Å². The molecule has 0 aliphatic carbocycles. The molecule has 0 saturated heterocycles. The summed E-state index contributed by atoms with van der Waals surface area (Å²) in [6.07, 6.45) is 11.5. The number of allylic oxidation sites excluding steroid dienone is 1. The van der Waals surface area contributed by atoms with Crippen LogP contribution < -0.4 is 0 Å². The molecule has 18 heavy (non-hydrogen) atoms. The SMILES string of the molecule is CCCCCCCCCC/C=C/C(F)(F)C(=O)O. The molecule has 0 spiro atoms. The molecule has 0 aromatic heterocycles. The Labute approximate surface area is 108 Å². The van der Waals surface area contributed by atoms with Crippen molar-refractivity contribution in [2.75, 3.05) is 0 Å². The van der Waals surface area contributed by atoms with Gasteiger partial charge in [-0.25, -0.2) is 4.79 Å². The Hall–Kier alpha value is -0.930. The highest BCUT2D eigenvalue weighted by Gasteiger charge is 2.34. The van der Waals surface area contributed by atoms with E-state index in [1.165, 1.54) is 38.2 Å². The Morgan fingerprint density at radius 2 is 1.56 bits per heavy atom. The van der Waals surface area contributed by atoms with Crippen molar-refractivity contribution in [1.29, 1.82) is 0 Å². The lowest BCUT2D eigenvalue weighted by Crippen LogP contribution is -2.24. The summed E-state index contributed by atoms with van der Waals surface area (Å²) in [5.74, 6) is -5.81. The number of carbonyl (C=O) groups is 1. The Balaban J connectivity index is 3.40. The molecule has 0 heterocycles. The van der Waals surface area contributed by atoms with Crippen LogP contribution in [0.15, 0.2) is 12.2 Å². The molecule has 106 valence electrons. The average Bonchev–Trinajstić information content (AvgIpc) is 2.31. The minimum Gasteiger partial charge on any atom is -0.477 e. The number of rotatable bonds is 11. The van der Waals surface area contributed by atoms with Gasteiger partial charge in [0.2, 0.25) is 0 Å². The van der Waals surface area contributed by atoms with E-state index in [-0.39, 0.29) is 0 Å². The van der Waals surface area contributed by atoms with Gasteiger partial charge in [0, 0.05) is 0 Å². The number of carboxylic acid groups (broad SMARTS) is 1. The second kappa shape index (κ2) is 10.0. The van der Waals surface area contributed by atoms with Crippen LogP contribution in [0.25, 0.3) is 0 Å². The van der Waals surface area contributed by atoms with Crippen LogP contribution in [0.3, 0.4) is 0 Å². The van der Waals surface area contributed by atoms with Crippen LogP contribution in [-0.2, 0) is 4.79 Å². The first-order valence-electron chi connectivity index (χ1n) is 6.79. The molecule has 0 bridgehead atoms. The van der Waals surface area contributed by atoms with Crippen LogP contribution in [0, 0.1) is 0 Å². The lowest BCUT2D eigenvalue weighted by Gasteiger charge is -2.04. The molecule has 0 atom stereocenters. The molecular formula is C14H24F2O2. The van der Waals surface area contributed by atoms with Gasteiger partial charge in [-0.2, -0.15) is 8.78 Å². The van der Waals surface area contributed by atoms with E-state index in [1.807, 2.05) is 0 Å². The van der Waals surface area contributed by atoms with E-state index < -0.39 is 11.9 Å². The molecular weight excluding hydrogens is 238 g/mol. The zero-order valence-corrected chi connectivity index (χ0v) is 11.1. The average molecular weight is 262 g/mol. The summed E-state index contributed by atoms with van der Waals surface area (Å²) in [5, 5.41) is 8.18. The molecule has 0 saturated carbocycles. The third kappa shape index (κ3) is 9.14. The maximum absolute atomic E-state index is 12.6. The van der Waals surface area contributed by atoms with E-state index in [1.54, 1.807) is 0 Å². The van der Waals surface area contributed by atoms with Crippen LogP contribution in [0.1, 0.15) is 64.7 Å². The van der Waals surface area contributed by atoms with Crippen LogP contribution in [-0.4, -0.2) is 17.0 Å². The van der Waals surface area contributed by atoms with Crippen molar-refractivity contribution in [3.8, 4) is 0 Å². The van der Waals surface area contributed by atoms with Gasteiger partial charge in [-0.15, -0.1) is 0 Å². The second-order valence-corrected chi connectivity index (χ2v) is 4.59. The Kier molecular flexibility index (Phi) is 9.52. The maximum Gasteiger partial charge on any atom is 0.378 e. The van der Waals surface area contributed by atoms with Crippen molar-refractivity contribution in [1.82, 2.24) is 0 Å². The predicted octanol–water partition coefficient (Wildman–Crippen LogP) is 4.79. The minimum atomic E-state index is -3.72. The zero-order chi connectivity index (χ0) is 13.9. The molecule has 4 heteroatoms. The number of hydrogen-bond donors (Lipinski definition) is 1. The topological polar surface area (TPSA) is 37.3 Å². The van der Waals surface area contributed by atoms with Crippen molar-refractivity contribution >= 4 is 5.97 Å².